The maximum Gasteiger partial charge on any atom is 0.338 e. The molecule has 9 heteroatoms. The molecule has 8 nitrogen and oxygen atoms in total. The first kappa shape index (κ1) is 81.0. The van der Waals surface area contributed by atoms with Crippen molar-refractivity contribution in [3.8, 4) is 0 Å². The van der Waals surface area contributed by atoms with Gasteiger partial charge in [-0.25, -0.2) is 4.79 Å². The fourth-order valence-corrected chi connectivity index (χ4v) is 11.4. The number of rotatable bonds is 9. The van der Waals surface area contributed by atoms with Gasteiger partial charge in [0.2, 0.25) is 0 Å². The fourth-order valence-electron chi connectivity index (χ4n) is 10.5. The molecular weight excluding hydrogens is 1200 g/mol. The van der Waals surface area contributed by atoms with E-state index >= 15 is 0 Å². The quantitative estimate of drug-likeness (QED) is 0.132. The summed E-state index contributed by atoms with van der Waals surface area (Å²) in [6.45, 7) is 55.0. The van der Waals surface area contributed by atoms with E-state index in [9.17, 15) is 4.79 Å². The minimum absolute atomic E-state index is 0.0369. The Morgan fingerprint density at radius 2 is 1.03 bits per heavy atom. The van der Waals surface area contributed by atoms with Gasteiger partial charge in [-0.1, -0.05) is 254 Å². The number of aromatic nitrogens is 4. The number of pyridine rings is 4. The number of esters is 1. The molecule has 0 bridgehead atoms. The Labute approximate surface area is 586 Å². The zero-order chi connectivity index (χ0) is 71.5. The van der Waals surface area contributed by atoms with E-state index in [1.807, 2.05) is 73.3 Å². The van der Waals surface area contributed by atoms with Crippen molar-refractivity contribution in [1.82, 2.24) is 24.8 Å². The van der Waals surface area contributed by atoms with Crippen molar-refractivity contribution in [2.45, 2.75) is 236 Å². The van der Waals surface area contributed by atoms with Crippen molar-refractivity contribution >= 4 is 17.3 Å². The van der Waals surface area contributed by atoms with E-state index in [4.69, 9.17) is 9.47 Å². The summed E-state index contributed by atoms with van der Waals surface area (Å²) in [4.78, 5) is 31.2. The van der Waals surface area contributed by atoms with E-state index in [1.54, 1.807) is 23.6 Å². The number of carbonyl (C=O) groups is 1. The molecule has 0 N–H and O–H groups in total. The van der Waals surface area contributed by atoms with E-state index in [0.29, 0.717) is 11.0 Å². The van der Waals surface area contributed by atoms with Gasteiger partial charge in [-0.3, -0.25) is 24.8 Å². The van der Waals surface area contributed by atoms with Crippen LogP contribution >= 0.6 is 11.3 Å². The molecule has 9 aromatic rings. The van der Waals surface area contributed by atoms with Crippen LogP contribution in [0.3, 0.4) is 0 Å². The largest absolute Gasteiger partial charge is 0.465 e. The number of hydrogen-bond donors (Lipinski definition) is 0. The van der Waals surface area contributed by atoms with Gasteiger partial charge in [0.1, 0.15) is 0 Å². The van der Waals surface area contributed by atoms with E-state index in [0.717, 1.165) is 68.3 Å². The van der Waals surface area contributed by atoms with Crippen LogP contribution in [0.1, 0.15) is 240 Å². The monoisotopic (exact) mass is 1310 g/mol. The van der Waals surface area contributed by atoms with Crippen LogP contribution in [0.2, 0.25) is 0 Å². The van der Waals surface area contributed by atoms with Gasteiger partial charge in [-0.05, 0) is 187 Å². The first-order valence-corrected chi connectivity index (χ1v) is 35.1. The third-order valence-corrected chi connectivity index (χ3v) is 16.9. The highest BCUT2D eigenvalue weighted by Crippen LogP contribution is 2.33. The molecule has 96 heavy (non-hydrogen) atoms. The number of ether oxygens (including phenoxy) is 2. The zero-order valence-electron chi connectivity index (χ0n) is 63.4. The Kier molecular flexibility index (Phi) is 31.5. The molecule has 0 aliphatic carbocycles. The molecule has 0 fully saturated rings. The fraction of sp³-hybridized carbons (Fsp3) is 0.437. The van der Waals surface area contributed by atoms with Crippen molar-refractivity contribution in [3.05, 3.63) is 283 Å². The molecule has 0 saturated heterocycles. The minimum atomic E-state index is -0.268. The Morgan fingerprint density at radius 3 is 1.47 bits per heavy atom. The second-order valence-corrected chi connectivity index (χ2v) is 32.9. The lowest BCUT2D eigenvalue weighted by atomic mass is 9.83. The molecule has 0 amide bonds. The van der Waals surface area contributed by atoms with E-state index in [-0.39, 0.29) is 38.5 Å². The Balaban J connectivity index is 0.000000251. The van der Waals surface area contributed by atoms with Crippen LogP contribution in [0.25, 0.3) is 0 Å². The summed E-state index contributed by atoms with van der Waals surface area (Å²) in [5.41, 5.74) is 20.4. The topological polar surface area (TPSA) is 90.3 Å². The van der Waals surface area contributed by atoms with Gasteiger partial charge in [0, 0.05) is 55.2 Å². The van der Waals surface area contributed by atoms with E-state index in [2.05, 4.69) is 298 Å². The van der Waals surface area contributed by atoms with Crippen LogP contribution in [0.5, 0.6) is 0 Å². The Hall–Kier alpha value is -7.43. The van der Waals surface area contributed by atoms with Crippen LogP contribution in [0.4, 0.5) is 0 Å². The maximum absolute atomic E-state index is 11.5. The van der Waals surface area contributed by atoms with Crippen molar-refractivity contribution in [2.24, 2.45) is 0 Å². The second kappa shape index (κ2) is 37.3. The van der Waals surface area contributed by atoms with E-state index < -0.39 is 0 Å². The van der Waals surface area contributed by atoms with Gasteiger partial charge < -0.3 is 9.47 Å². The van der Waals surface area contributed by atoms with Crippen LogP contribution in [0.15, 0.2) is 199 Å². The van der Waals surface area contributed by atoms with Crippen molar-refractivity contribution < 1.29 is 14.3 Å². The molecule has 0 radical (unpaired) electrons. The molecule has 6 heterocycles. The molecule has 10 rings (SSSR count). The number of hydrogen-bond acceptors (Lipinski definition) is 9. The summed E-state index contributed by atoms with van der Waals surface area (Å²) in [7, 11) is 1.40. The maximum atomic E-state index is 11.5. The third-order valence-electron chi connectivity index (χ3n) is 16.2. The average molecular weight is 1320 g/mol. The molecule has 0 saturated carbocycles. The summed E-state index contributed by atoms with van der Waals surface area (Å²) in [5, 5.41) is 4.33. The minimum Gasteiger partial charge on any atom is -0.465 e. The molecule has 0 unspecified atom stereocenters. The highest BCUT2D eigenvalue weighted by Gasteiger charge is 2.24. The van der Waals surface area contributed by atoms with Gasteiger partial charge in [0.05, 0.1) is 37.3 Å². The number of fused-ring (bicyclic) bond motifs is 1. The Bertz CT molecular complexity index is 3560. The molecule has 0 spiro atoms. The van der Waals surface area contributed by atoms with Gasteiger partial charge in [0.25, 0.3) is 0 Å². The third kappa shape index (κ3) is 29.1. The number of aryl methyl sites for hydroxylation is 3. The number of carbonyl (C=O) groups excluding carboxylic acids is 1. The lowest BCUT2D eigenvalue weighted by molar-refractivity contribution is 0.0598. The molecular formula is C87H119N5O3S. The lowest BCUT2D eigenvalue weighted by Gasteiger charge is -2.23. The molecule has 516 valence electrons. The zero-order valence-corrected chi connectivity index (χ0v) is 64.2. The van der Waals surface area contributed by atoms with E-state index in [1.165, 1.54) is 62.7 Å². The van der Waals surface area contributed by atoms with Gasteiger partial charge in [-0.2, -0.15) is 11.3 Å². The van der Waals surface area contributed by atoms with Crippen molar-refractivity contribution in [3.63, 3.8) is 0 Å². The number of methoxy groups -OCH3 is 1. The number of benzene rings is 4. The number of nitrogens with zero attached hydrogens (tertiary/aromatic N) is 5. The molecule has 1 aliphatic heterocycles. The molecule has 5 aromatic heterocycles. The van der Waals surface area contributed by atoms with Crippen LogP contribution in [-0.4, -0.2) is 44.5 Å². The summed E-state index contributed by atoms with van der Waals surface area (Å²) in [6, 6.07) is 54.2. The normalized spacial score (nSPS) is 12.2. The SMILES string of the molecule is CC(C)(C)c1cccc2c1COC2.CC(C)(C)c1ccccn1.CC(C)(C)c1cccnc1.CC(C)(C)c1ccsc1.COC(=O)c1ccccc1C(C)(C)C.Cc1ccc(CCCN(Cc2ccccn2)Cc2ccccn2)cc1C(C)(C)C.Cc1cccc(C(C)(C)C)c1. The lowest BCUT2D eigenvalue weighted by Crippen LogP contribution is -2.25. The van der Waals surface area contributed by atoms with Crippen LogP contribution in [-0.2, 0) is 80.1 Å². The summed E-state index contributed by atoms with van der Waals surface area (Å²) >= 11 is 1.77. The predicted octanol–water partition coefficient (Wildman–Crippen LogP) is 22.6. The van der Waals surface area contributed by atoms with Gasteiger partial charge >= 0.3 is 5.97 Å². The number of thiophene rings is 1. The summed E-state index contributed by atoms with van der Waals surface area (Å²) in [5.74, 6) is -0.268. The smallest absolute Gasteiger partial charge is 0.338 e. The van der Waals surface area contributed by atoms with Crippen molar-refractivity contribution in [1.29, 1.82) is 0 Å². The molecule has 0 atom stereocenters. The molecule has 1 aliphatic rings. The predicted molar refractivity (Wildman–Crippen MR) is 410 cm³/mol. The van der Waals surface area contributed by atoms with Crippen molar-refractivity contribution in [2.75, 3.05) is 13.7 Å². The first-order chi connectivity index (χ1) is 44.8. The van der Waals surface area contributed by atoms with Gasteiger partial charge in [0.15, 0.2) is 0 Å². The Morgan fingerprint density at radius 1 is 0.490 bits per heavy atom. The standard InChI is InChI=1S/C26H33N3.C12H16O2.C12H16O.C11H16.2C9H13N.C8H12S/c1-21-13-14-22(18-25(21)26(2,3)4)10-9-17-29(19-23-11-5-7-15-27-23)20-24-12-6-8-16-28-24;1-12(2,3)10-8-6-5-7-9(10)11(13)14-4;1-12(2,3)11-6-4-5-9-7-13-8-10(9)11;1-9-6-5-7-10(8-9)11(2,3)4;1-9(2,3)8-5-4-6-10-7-8;1-9(2,3)8-6-4-5-7-10-8;1-8(2,3)7-4-5-9-6-7/h5-8,11-16,18H,9-10,17,19-20H2,1-4H3;5-8H,1-4H3;4-6H,7-8H2,1-3H3;5-8H,1-4H3;2*4-7H,1-3H3;4-6H,1-3H3. The molecule has 4 aromatic carbocycles. The van der Waals surface area contributed by atoms with Crippen LogP contribution < -0.4 is 0 Å². The van der Waals surface area contributed by atoms with Gasteiger partial charge in [-0.15, -0.1) is 0 Å². The average Bonchev–Trinajstić information content (AvgIpc) is 1.55. The summed E-state index contributed by atoms with van der Waals surface area (Å²) in [6.07, 6.45) is 11.5. The summed E-state index contributed by atoms with van der Waals surface area (Å²) < 4.78 is 10.2. The second-order valence-electron chi connectivity index (χ2n) is 32.2. The highest BCUT2D eigenvalue weighted by atomic mass is 32.1. The highest BCUT2D eigenvalue weighted by molar-refractivity contribution is 7.08. The van der Waals surface area contributed by atoms with Crippen LogP contribution in [0, 0.1) is 13.8 Å². The first-order valence-electron chi connectivity index (χ1n) is 34.2.